The molecule has 0 fully saturated rings. The summed E-state index contributed by atoms with van der Waals surface area (Å²) in [7, 11) is 1.82. The molecule has 0 aliphatic rings. The molecule has 3 aromatic rings. The van der Waals surface area contributed by atoms with E-state index < -0.39 is 11.2 Å². The number of nitrogens with two attached hydrogens (primary N) is 1. The molecule has 0 aliphatic heterocycles. The molecule has 0 atom stereocenters. The lowest BCUT2D eigenvalue weighted by Gasteiger charge is -2.28. The second-order valence-electron chi connectivity index (χ2n) is 8.77. The van der Waals surface area contributed by atoms with Crippen LogP contribution in [0.1, 0.15) is 25.0 Å². The Morgan fingerprint density at radius 2 is 1.76 bits per heavy atom. The maximum absolute atomic E-state index is 13.4. The second-order valence-corrected chi connectivity index (χ2v) is 9.20. The number of carbonyl (C=O) groups excluding carboxylic acids is 1. The van der Waals surface area contributed by atoms with E-state index >= 15 is 0 Å². The van der Waals surface area contributed by atoms with Crippen LogP contribution in [0.25, 0.3) is 0 Å². The number of anilines is 2. The van der Waals surface area contributed by atoms with Crippen molar-refractivity contribution in [2.24, 2.45) is 5.92 Å². The van der Waals surface area contributed by atoms with Crippen molar-refractivity contribution in [2.75, 3.05) is 30.8 Å². The van der Waals surface area contributed by atoms with Gasteiger partial charge in [-0.2, -0.15) is 0 Å². The van der Waals surface area contributed by atoms with Crippen molar-refractivity contribution in [3.63, 3.8) is 0 Å². The lowest BCUT2D eigenvalue weighted by Crippen LogP contribution is -2.46. The van der Waals surface area contributed by atoms with Crippen LogP contribution < -0.4 is 21.9 Å². The van der Waals surface area contributed by atoms with Gasteiger partial charge in [-0.3, -0.25) is 24.0 Å². The van der Waals surface area contributed by atoms with E-state index in [0.29, 0.717) is 11.6 Å². The maximum Gasteiger partial charge on any atom is 0.330 e. The summed E-state index contributed by atoms with van der Waals surface area (Å²) < 4.78 is 1.28. The summed E-state index contributed by atoms with van der Waals surface area (Å²) in [5.41, 5.74) is 6.84. The first kappa shape index (κ1) is 25.3. The molecule has 0 saturated heterocycles. The first-order valence-electron chi connectivity index (χ1n) is 11.1. The van der Waals surface area contributed by atoms with Gasteiger partial charge in [0, 0.05) is 18.1 Å². The van der Waals surface area contributed by atoms with Crippen molar-refractivity contribution in [3.05, 3.63) is 91.6 Å². The Bertz CT molecular complexity index is 1250. The van der Waals surface area contributed by atoms with Crippen molar-refractivity contribution in [1.82, 2.24) is 14.5 Å². The minimum atomic E-state index is -0.682. The fourth-order valence-corrected chi connectivity index (χ4v) is 3.98. The van der Waals surface area contributed by atoms with Crippen LogP contribution in [0.4, 0.5) is 11.5 Å². The van der Waals surface area contributed by atoms with Gasteiger partial charge in [-0.05, 0) is 36.2 Å². The number of carbonyl (C=O) groups is 1. The van der Waals surface area contributed by atoms with Gasteiger partial charge in [-0.1, -0.05) is 67.9 Å². The number of hydrogen-bond donors (Lipinski definition) is 2. The number of benzene rings is 2. The lowest BCUT2D eigenvalue weighted by atomic mass is 10.2. The third-order valence-electron chi connectivity index (χ3n) is 5.26. The molecule has 34 heavy (non-hydrogen) atoms. The molecule has 0 spiro atoms. The first-order valence-corrected chi connectivity index (χ1v) is 11.4. The van der Waals surface area contributed by atoms with E-state index in [1.54, 1.807) is 6.07 Å². The summed E-state index contributed by atoms with van der Waals surface area (Å²) in [5.74, 6) is -0.264. The van der Waals surface area contributed by atoms with Crippen molar-refractivity contribution in [3.8, 4) is 0 Å². The molecule has 1 amide bonds. The molecule has 0 aliphatic carbocycles. The Labute approximate surface area is 203 Å². The average molecular weight is 484 g/mol. The number of hydrogen-bond acceptors (Lipinski definition) is 5. The number of likely N-dealkylation sites (N-methyl/N-ethyl adjacent to an activating group) is 1. The monoisotopic (exact) mass is 483 g/mol. The van der Waals surface area contributed by atoms with Crippen LogP contribution in [-0.4, -0.2) is 40.5 Å². The summed E-state index contributed by atoms with van der Waals surface area (Å²) in [6, 6.07) is 16.7. The van der Waals surface area contributed by atoms with E-state index in [2.05, 4.69) is 4.98 Å². The average Bonchev–Trinajstić information content (AvgIpc) is 2.76. The molecule has 0 unspecified atom stereocenters. The zero-order valence-corrected chi connectivity index (χ0v) is 20.4. The molecular weight excluding hydrogens is 454 g/mol. The molecule has 180 valence electrons. The number of amides is 1. The topological polar surface area (TPSA) is 104 Å². The Kier molecular flexibility index (Phi) is 8.31. The third kappa shape index (κ3) is 6.36. The highest BCUT2D eigenvalue weighted by Gasteiger charge is 2.26. The number of H-pyrrole nitrogens is 1. The molecule has 0 bridgehead atoms. The highest BCUT2D eigenvalue weighted by atomic mass is 35.5. The van der Waals surface area contributed by atoms with E-state index in [9.17, 15) is 14.4 Å². The molecule has 2 aromatic carbocycles. The van der Waals surface area contributed by atoms with Crippen LogP contribution in [0.3, 0.4) is 0 Å². The number of aromatic amines is 1. The summed E-state index contributed by atoms with van der Waals surface area (Å²) in [6.07, 6.45) is 0. The van der Waals surface area contributed by atoms with Crippen molar-refractivity contribution < 1.29 is 4.79 Å². The molecule has 3 rings (SSSR count). The fraction of sp³-hybridized carbons (Fsp3) is 0.320. The Hall–Kier alpha value is -3.36. The number of nitrogens with zero attached hydrogens (tertiary/aromatic N) is 3. The maximum atomic E-state index is 13.4. The van der Waals surface area contributed by atoms with Crippen LogP contribution in [0.15, 0.2) is 64.2 Å². The van der Waals surface area contributed by atoms with Gasteiger partial charge in [0.25, 0.3) is 5.56 Å². The Balaban J connectivity index is 1.92. The van der Waals surface area contributed by atoms with E-state index in [1.165, 1.54) is 9.47 Å². The summed E-state index contributed by atoms with van der Waals surface area (Å²) in [6.45, 7) is 4.89. The predicted octanol–water partition coefficient (Wildman–Crippen LogP) is 2.94. The molecule has 0 saturated carbocycles. The molecule has 3 N–H and O–H groups in total. The van der Waals surface area contributed by atoms with Gasteiger partial charge in [0.15, 0.2) is 5.69 Å². The normalized spacial score (nSPS) is 11.2. The fourth-order valence-electron chi connectivity index (χ4n) is 3.76. The molecule has 0 radical (unpaired) electrons. The van der Waals surface area contributed by atoms with E-state index in [1.807, 2.05) is 74.3 Å². The van der Waals surface area contributed by atoms with Gasteiger partial charge in [0.1, 0.15) is 5.82 Å². The van der Waals surface area contributed by atoms with Crippen LogP contribution in [-0.2, 0) is 17.9 Å². The Morgan fingerprint density at radius 1 is 1.09 bits per heavy atom. The number of halogens is 1. The van der Waals surface area contributed by atoms with E-state index in [-0.39, 0.29) is 43.0 Å². The first-order chi connectivity index (χ1) is 16.2. The van der Waals surface area contributed by atoms with E-state index in [0.717, 1.165) is 11.1 Å². The van der Waals surface area contributed by atoms with Gasteiger partial charge < -0.3 is 10.6 Å². The number of aromatic nitrogens is 2. The number of nitrogen functional groups attached to an aromatic ring is 1. The summed E-state index contributed by atoms with van der Waals surface area (Å²) in [5, 5.41) is 0.624. The summed E-state index contributed by atoms with van der Waals surface area (Å²) in [4.78, 5) is 44.3. The molecule has 1 aromatic heterocycles. The van der Waals surface area contributed by atoms with Crippen molar-refractivity contribution >= 4 is 29.0 Å². The molecular formula is C25H30ClN5O3. The largest absolute Gasteiger partial charge is 0.383 e. The SMILES string of the molecule is CC(C)CN(C(=O)CN(C)Cc1cccc(Cl)c1)c1c(N)n(Cc2ccccc2)c(=O)[nH]c1=O. The zero-order chi connectivity index (χ0) is 24.8. The van der Waals surface area contributed by atoms with Gasteiger partial charge in [0.2, 0.25) is 5.91 Å². The van der Waals surface area contributed by atoms with Crippen LogP contribution in [0.5, 0.6) is 0 Å². The third-order valence-corrected chi connectivity index (χ3v) is 5.50. The Morgan fingerprint density at radius 3 is 2.41 bits per heavy atom. The number of rotatable bonds is 9. The minimum Gasteiger partial charge on any atom is -0.383 e. The van der Waals surface area contributed by atoms with Gasteiger partial charge in [-0.15, -0.1) is 0 Å². The lowest BCUT2D eigenvalue weighted by molar-refractivity contribution is -0.119. The van der Waals surface area contributed by atoms with Crippen molar-refractivity contribution in [1.29, 1.82) is 0 Å². The predicted molar refractivity (Wildman–Crippen MR) is 136 cm³/mol. The molecule has 9 heteroatoms. The second kappa shape index (κ2) is 11.2. The minimum absolute atomic E-state index is 0.00890. The molecule has 8 nitrogen and oxygen atoms in total. The number of nitrogens with one attached hydrogen (secondary N) is 1. The van der Waals surface area contributed by atoms with Crippen LogP contribution >= 0.6 is 11.6 Å². The van der Waals surface area contributed by atoms with Crippen LogP contribution in [0, 0.1) is 5.92 Å². The quantitative estimate of drug-likeness (QED) is 0.487. The summed E-state index contributed by atoms with van der Waals surface area (Å²) >= 11 is 6.07. The van der Waals surface area contributed by atoms with Crippen molar-refractivity contribution in [2.45, 2.75) is 26.9 Å². The van der Waals surface area contributed by atoms with Gasteiger partial charge in [0.05, 0.1) is 13.1 Å². The zero-order valence-electron chi connectivity index (χ0n) is 19.6. The highest BCUT2D eigenvalue weighted by molar-refractivity contribution is 6.30. The highest BCUT2D eigenvalue weighted by Crippen LogP contribution is 2.20. The molecule has 1 heterocycles. The van der Waals surface area contributed by atoms with Gasteiger partial charge >= 0.3 is 5.69 Å². The van der Waals surface area contributed by atoms with E-state index in [4.69, 9.17) is 17.3 Å². The van der Waals surface area contributed by atoms with Crippen LogP contribution in [0.2, 0.25) is 5.02 Å². The standard InChI is InChI=1S/C25H30ClN5O3/c1-17(2)13-30(21(32)16-29(3)14-19-10-7-11-20(26)12-19)22-23(27)31(25(34)28-24(22)33)15-18-8-5-4-6-9-18/h4-12,17H,13-16,27H2,1-3H3,(H,28,33,34). The smallest absolute Gasteiger partial charge is 0.330 e. The van der Waals surface area contributed by atoms with Gasteiger partial charge in [-0.25, -0.2) is 4.79 Å².